The Bertz CT molecular complexity index is 416. The summed E-state index contributed by atoms with van der Waals surface area (Å²) in [6.07, 6.45) is 2.04. The minimum Gasteiger partial charge on any atom is -0.497 e. The van der Waals surface area contributed by atoms with Crippen molar-refractivity contribution in [3.05, 3.63) is 29.8 Å². The molecule has 3 heteroatoms. The number of aliphatic hydroxyl groups excluding tert-OH is 1. The van der Waals surface area contributed by atoms with Crippen molar-refractivity contribution in [2.75, 3.05) is 13.7 Å². The van der Waals surface area contributed by atoms with Crippen molar-refractivity contribution in [3.63, 3.8) is 0 Å². The first kappa shape index (κ1) is 15.3. The topological polar surface area (TPSA) is 32.7 Å². The minimum absolute atomic E-state index is 0.151. The summed E-state index contributed by atoms with van der Waals surface area (Å²) >= 11 is 0. The summed E-state index contributed by atoms with van der Waals surface area (Å²) in [5, 5.41) is 10.6. The van der Waals surface area contributed by atoms with Crippen LogP contribution in [0, 0.1) is 5.92 Å². The van der Waals surface area contributed by atoms with Crippen molar-refractivity contribution in [2.24, 2.45) is 5.92 Å². The van der Waals surface area contributed by atoms with Gasteiger partial charge in [-0.25, -0.2) is 0 Å². The van der Waals surface area contributed by atoms with Gasteiger partial charge in [-0.05, 0) is 49.9 Å². The van der Waals surface area contributed by atoms with Crippen LogP contribution >= 0.6 is 0 Å². The van der Waals surface area contributed by atoms with E-state index in [-0.39, 0.29) is 6.04 Å². The third-order valence-electron chi connectivity index (χ3n) is 4.55. The molecule has 1 aliphatic rings. The van der Waals surface area contributed by atoms with E-state index in [1.165, 1.54) is 12.8 Å². The first-order valence-electron chi connectivity index (χ1n) is 7.62. The smallest absolute Gasteiger partial charge is 0.118 e. The van der Waals surface area contributed by atoms with Crippen LogP contribution in [0.1, 0.15) is 45.3 Å². The van der Waals surface area contributed by atoms with Crippen molar-refractivity contribution in [3.8, 4) is 5.75 Å². The molecule has 1 aromatic rings. The molecule has 112 valence electrons. The predicted molar refractivity (Wildman–Crippen MR) is 82.0 cm³/mol. The second-order valence-corrected chi connectivity index (χ2v) is 6.15. The van der Waals surface area contributed by atoms with E-state index in [2.05, 4.69) is 25.7 Å². The van der Waals surface area contributed by atoms with Gasteiger partial charge in [0.25, 0.3) is 0 Å². The molecule has 0 spiro atoms. The van der Waals surface area contributed by atoms with E-state index in [1.54, 1.807) is 7.11 Å². The standard InChI is InChI=1S/C17H27NO2/c1-12(2)16-6-5-11-18(16)13(3)17(19)14-7-9-15(20-4)10-8-14/h7-10,12-13,16-17,19H,5-6,11H2,1-4H3. The predicted octanol–water partition coefficient (Wildman–Crippen LogP) is 3.24. The van der Waals surface area contributed by atoms with E-state index >= 15 is 0 Å². The fourth-order valence-electron chi connectivity index (χ4n) is 3.30. The van der Waals surface area contributed by atoms with Crippen LogP contribution in [-0.2, 0) is 0 Å². The lowest BCUT2D eigenvalue weighted by Crippen LogP contribution is -2.43. The molecule has 0 aromatic heterocycles. The summed E-state index contributed by atoms with van der Waals surface area (Å²) in [5.74, 6) is 1.47. The summed E-state index contributed by atoms with van der Waals surface area (Å²) in [5.41, 5.74) is 0.965. The van der Waals surface area contributed by atoms with Crippen LogP contribution in [0.2, 0.25) is 0 Å². The maximum Gasteiger partial charge on any atom is 0.118 e. The second-order valence-electron chi connectivity index (χ2n) is 6.15. The van der Waals surface area contributed by atoms with Crippen LogP contribution in [0.3, 0.4) is 0 Å². The van der Waals surface area contributed by atoms with E-state index in [9.17, 15) is 5.11 Å². The van der Waals surface area contributed by atoms with Crippen LogP contribution < -0.4 is 4.74 Å². The van der Waals surface area contributed by atoms with Crippen LogP contribution in [0.15, 0.2) is 24.3 Å². The molecule has 3 atom stereocenters. The molecule has 1 N–H and O–H groups in total. The van der Waals surface area contributed by atoms with E-state index in [1.807, 2.05) is 24.3 Å². The molecule has 0 amide bonds. The van der Waals surface area contributed by atoms with Gasteiger partial charge in [-0.15, -0.1) is 0 Å². The zero-order valence-electron chi connectivity index (χ0n) is 13.0. The maximum atomic E-state index is 10.6. The molecule has 0 saturated carbocycles. The van der Waals surface area contributed by atoms with Gasteiger partial charge in [-0.3, -0.25) is 4.90 Å². The van der Waals surface area contributed by atoms with Gasteiger partial charge >= 0.3 is 0 Å². The molecule has 1 fully saturated rings. The number of ether oxygens (including phenoxy) is 1. The van der Waals surface area contributed by atoms with E-state index in [4.69, 9.17) is 4.74 Å². The van der Waals surface area contributed by atoms with E-state index in [0.29, 0.717) is 12.0 Å². The summed E-state index contributed by atoms with van der Waals surface area (Å²) in [7, 11) is 1.66. The van der Waals surface area contributed by atoms with Crippen molar-refractivity contribution in [1.29, 1.82) is 0 Å². The van der Waals surface area contributed by atoms with Crippen LogP contribution in [0.25, 0.3) is 0 Å². The largest absolute Gasteiger partial charge is 0.497 e. The molecule has 3 nitrogen and oxygen atoms in total. The number of aliphatic hydroxyl groups is 1. The molecule has 1 heterocycles. The SMILES string of the molecule is COc1ccc(C(O)C(C)N2CCCC2C(C)C)cc1. The highest BCUT2D eigenvalue weighted by Crippen LogP contribution is 2.31. The monoisotopic (exact) mass is 277 g/mol. The van der Waals surface area contributed by atoms with Crippen molar-refractivity contribution in [1.82, 2.24) is 4.90 Å². The molecule has 20 heavy (non-hydrogen) atoms. The van der Waals surface area contributed by atoms with Gasteiger partial charge in [0, 0.05) is 12.1 Å². The van der Waals surface area contributed by atoms with Gasteiger partial charge in [0.1, 0.15) is 5.75 Å². The van der Waals surface area contributed by atoms with Gasteiger partial charge in [-0.1, -0.05) is 26.0 Å². The number of likely N-dealkylation sites (tertiary alicyclic amines) is 1. The Balaban J connectivity index is 2.08. The van der Waals surface area contributed by atoms with Gasteiger partial charge < -0.3 is 9.84 Å². The molecule has 1 saturated heterocycles. The number of hydrogen-bond acceptors (Lipinski definition) is 3. The first-order valence-corrected chi connectivity index (χ1v) is 7.62. The molecule has 1 aliphatic heterocycles. The Morgan fingerprint density at radius 1 is 1.20 bits per heavy atom. The van der Waals surface area contributed by atoms with Crippen molar-refractivity contribution in [2.45, 2.75) is 51.8 Å². The molecule has 0 radical (unpaired) electrons. The minimum atomic E-state index is -0.444. The Morgan fingerprint density at radius 3 is 2.40 bits per heavy atom. The zero-order chi connectivity index (χ0) is 14.7. The quantitative estimate of drug-likeness (QED) is 0.897. The fourth-order valence-corrected chi connectivity index (χ4v) is 3.30. The first-order chi connectivity index (χ1) is 9.54. The molecule has 0 aliphatic carbocycles. The van der Waals surface area contributed by atoms with Gasteiger partial charge in [0.2, 0.25) is 0 Å². The normalized spacial score (nSPS) is 23.0. The Labute approximate surface area is 122 Å². The molecule has 1 aromatic carbocycles. The molecule has 2 rings (SSSR count). The Morgan fingerprint density at radius 2 is 1.85 bits per heavy atom. The van der Waals surface area contributed by atoms with Crippen LogP contribution in [-0.4, -0.2) is 35.7 Å². The highest BCUT2D eigenvalue weighted by molar-refractivity contribution is 5.29. The molecular weight excluding hydrogens is 250 g/mol. The Hall–Kier alpha value is -1.06. The number of hydrogen-bond donors (Lipinski definition) is 1. The average molecular weight is 277 g/mol. The second kappa shape index (κ2) is 6.59. The average Bonchev–Trinajstić information content (AvgIpc) is 2.95. The maximum absolute atomic E-state index is 10.6. The molecule has 3 unspecified atom stereocenters. The van der Waals surface area contributed by atoms with Crippen molar-refractivity contribution >= 4 is 0 Å². The summed E-state index contributed by atoms with van der Waals surface area (Å²) in [6.45, 7) is 7.78. The molecule has 0 bridgehead atoms. The third kappa shape index (κ3) is 3.15. The van der Waals surface area contributed by atoms with Gasteiger partial charge in [0.05, 0.1) is 13.2 Å². The lowest BCUT2D eigenvalue weighted by atomic mass is 9.97. The van der Waals surface area contributed by atoms with E-state index in [0.717, 1.165) is 17.9 Å². The number of methoxy groups -OCH3 is 1. The molecular formula is C17H27NO2. The fraction of sp³-hybridized carbons (Fsp3) is 0.647. The number of nitrogens with zero attached hydrogens (tertiary/aromatic N) is 1. The third-order valence-corrected chi connectivity index (χ3v) is 4.55. The van der Waals surface area contributed by atoms with Gasteiger partial charge in [0.15, 0.2) is 0 Å². The summed E-state index contributed by atoms with van der Waals surface area (Å²) in [6, 6.07) is 8.49. The van der Waals surface area contributed by atoms with E-state index < -0.39 is 6.10 Å². The lowest BCUT2D eigenvalue weighted by molar-refractivity contribution is 0.0398. The van der Waals surface area contributed by atoms with Gasteiger partial charge in [-0.2, -0.15) is 0 Å². The number of benzene rings is 1. The van der Waals surface area contributed by atoms with Crippen LogP contribution in [0.4, 0.5) is 0 Å². The summed E-state index contributed by atoms with van der Waals surface area (Å²) < 4.78 is 5.17. The highest BCUT2D eigenvalue weighted by atomic mass is 16.5. The van der Waals surface area contributed by atoms with Crippen molar-refractivity contribution < 1.29 is 9.84 Å². The van der Waals surface area contributed by atoms with Crippen LogP contribution in [0.5, 0.6) is 5.75 Å². The Kier molecular flexibility index (Phi) is 5.06. The summed E-state index contributed by atoms with van der Waals surface area (Å²) in [4.78, 5) is 2.47. The lowest BCUT2D eigenvalue weighted by Gasteiger charge is -2.35. The zero-order valence-corrected chi connectivity index (χ0v) is 13.0. The highest BCUT2D eigenvalue weighted by Gasteiger charge is 2.33. The number of rotatable bonds is 5.